The SMILES string of the molecule is O=C1CCc2cc(-c3ccco3)cc(F)c2N1. The zero-order valence-corrected chi connectivity index (χ0v) is 9.00. The van der Waals surface area contributed by atoms with Crippen molar-refractivity contribution in [3.63, 3.8) is 0 Å². The van der Waals surface area contributed by atoms with E-state index in [9.17, 15) is 9.18 Å². The lowest BCUT2D eigenvalue weighted by Crippen LogP contribution is -2.20. The van der Waals surface area contributed by atoms with Crippen LogP contribution in [0.15, 0.2) is 34.9 Å². The largest absolute Gasteiger partial charge is 0.464 e. The van der Waals surface area contributed by atoms with Gasteiger partial charge in [0.2, 0.25) is 5.91 Å². The summed E-state index contributed by atoms with van der Waals surface area (Å²) in [4.78, 5) is 11.2. The van der Waals surface area contributed by atoms with Crippen LogP contribution in [-0.2, 0) is 11.2 Å². The molecule has 4 heteroatoms. The van der Waals surface area contributed by atoms with Crippen molar-refractivity contribution < 1.29 is 13.6 Å². The summed E-state index contributed by atoms with van der Waals surface area (Å²) in [6.45, 7) is 0. The van der Waals surface area contributed by atoms with E-state index >= 15 is 0 Å². The summed E-state index contributed by atoms with van der Waals surface area (Å²) in [5.41, 5.74) is 1.81. The fraction of sp³-hybridized carbons (Fsp3) is 0.154. The zero-order valence-electron chi connectivity index (χ0n) is 9.00. The van der Waals surface area contributed by atoms with Crippen LogP contribution in [0.3, 0.4) is 0 Å². The van der Waals surface area contributed by atoms with Gasteiger partial charge in [-0.15, -0.1) is 0 Å². The lowest BCUT2D eigenvalue weighted by molar-refractivity contribution is -0.116. The van der Waals surface area contributed by atoms with E-state index in [1.54, 1.807) is 18.4 Å². The van der Waals surface area contributed by atoms with Crippen molar-refractivity contribution in [1.29, 1.82) is 0 Å². The van der Waals surface area contributed by atoms with Crippen LogP contribution in [-0.4, -0.2) is 5.91 Å². The Bertz CT molecular complexity index is 575. The number of furan rings is 1. The van der Waals surface area contributed by atoms with E-state index in [4.69, 9.17) is 4.42 Å². The molecular formula is C13H10FNO2. The van der Waals surface area contributed by atoms with Gasteiger partial charge in [-0.05, 0) is 36.2 Å². The Morgan fingerprint density at radius 1 is 1.29 bits per heavy atom. The van der Waals surface area contributed by atoms with Crippen molar-refractivity contribution in [1.82, 2.24) is 0 Å². The third kappa shape index (κ3) is 1.71. The Hall–Kier alpha value is -2.10. The maximum atomic E-state index is 13.8. The second kappa shape index (κ2) is 3.73. The number of benzene rings is 1. The maximum absolute atomic E-state index is 13.8. The van der Waals surface area contributed by atoms with Crippen molar-refractivity contribution in [2.45, 2.75) is 12.8 Å². The van der Waals surface area contributed by atoms with Crippen LogP contribution in [0, 0.1) is 5.82 Å². The van der Waals surface area contributed by atoms with Gasteiger partial charge in [0.1, 0.15) is 11.6 Å². The molecule has 0 atom stereocenters. The van der Waals surface area contributed by atoms with Gasteiger partial charge in [-0.3, -0.25) is 4.79 Å². The molecule has 0 radical (unpaired) electrons. The van der Waals surface area contributed by atoms with Crippen LogP contribution in [0.2, 0.25) is 0 Å². The van der Waals surface area contributed by atoms with E-state index < -0.39 is 5.82 Å². The van der Waals surface area contributed by atoms with Gasteiger partial charge in [-0.1, -0.05) is 0 Å². The highest BCUT2D eigenvalue weighted by molar-refractivity contribution is 5.94. The molecule has 0 fully saturated rings. The number of amides is 1. The summed E-state index contributed by atoms with van der Waals surface area (Å²) in [5.74, 6) is 0.0766. The molecule has 17 heavy (non-hydrogen) atoms. The Morgan fingerprint density at radius 3 is 2.94 bits per heavy atom. The normalized spacial score (nSPS) is 14.3. The zero-order chi connectivity index (χ0) is 11.8. The van der Waals surface area contributed by atoms with E-state index in [1.165, 1.54) is 6.07 Å². The molecule has 1 amide bonds. The summed E-state index contributed by atoms with van der Waals surface area (Å²) in [6, 6.07) is 6.77. The minimum atomic E-state index is -0.415. The average Bonchev–Trinajstić information content (AvgIpc) is 2.83. The molecule has 0 aliphatic carbocycles. The van der Waals surface area contributed by atoms with Gasteiger partial charge >= 0.3 is 0 Å². The van der Waals surface area contributed by atoms with Gasteiger partial charge in [-0.2, -0.15) is 0 Å². The molecule has 1 aromatic carbocycles. The first-order chi connectivity index (χ1) is 8.24. The fourth-order valence-corrected chi connectivity index (χ4v) is 2.04. The summed E-state index contributed by atoms with van der Waals surface area (Å²) in [5, 5.41) is 2.56. The molecule has 1 aliphatic heterocycles. The molecule has 0 saturated carbocycles. The molecule has 0 bridgehead atoms. The van der Waals surface area contributed by atoms with E-state index in [1.807, 2.05) is 6.07 Å². The Kier molecular flexibility index (Phi) is 2.21. The number of nitrogens with one attached hydrogen (secondary N) is 1. The number of anilines is 1. The number of aryl methyl sites for hydroxylation is 1. The number of fused-ring (bicyclic) bond motifs is 1. The molecule has 1 aliphatic rings. The Labute approximate surface area is 97.2 Å². The highest BCUT2D eigenvalue weighted by atomic mass is 19.1. The van der Waals surface area contributed by atoms with Gasteiger partial charge in [0.15, 0.2) is 0 Å². The van der Waals surface area contributed by atoms with E-state index in [0.29, 0.717) is 29.9 Å². The molecule has 0 spiro atoms. The highest BCUT2D eigenvalue weighted by Gasteiger charge is 2.20. The van der Waals surface area contributed by atoms with Gasteiger partial charge in [0, 0.05) is 12.0 Å². The number of carbonyl (C=O) groups is 1. The summed E-state index contributed by atoms with van der Waals surface area (Å²) in [6.07, 6.45) is 2.51. The number of carbonyl (C=O) groups excluding carboxylic acids is 1. The molecular weight excluding hydrogens is 221 g/mol. The van der Waals surface area contributed by atoms with Crippen molar-refractivity contribution in [3.8, 4) is 11.3 Å². The number of halogens is 1. The second-order valence-corrected chi connectivity index (χ2v) is 4.02. The Balaban J connectivity index is 2.11. The summed E-state index contributed by atoms with van der Waals surface area (Å²) < 4.78 is 19.1. The molecule has 1 aromatic heterocycles. The van der Waals surface area contributed by atoms with Crippen LogP contribution in [0.5, 0.6) is 0 Å². The third-order valence-corrected chi connectivity index (χ3v) is 2.86. The highest BCUT2D eigenvalue weighted by Crippen LogP contribution is 2.31. The molecule has 3 rings (SSSR count). The monoisotopic (exact) mass is 231 g/mol. The lowest BCUT2D eigenvalue weighted by Gasteiger charge is -2.18. The first-order valence-electron chi connectivity index (χ1n) is 5.40. The molecule has 3 nitrogen and oxygen atoms in total. The molecule has 0 unspecified atom stereocenters. The van der Waals surface area contributed by atoms with Crippen molar-refractivity contribution in [2.24, 2.45) is 0 Å². The second-order valence-electron chi connectivity index (χ2n) is 4.02. The average molecular weight is 231 g/mol. The molecule has 0 saturated heterocycles. The number of rotatable bonds is 1. The first-order valence-corrected chi connectivity index (χ1v) is 5.40. The third-order valence-electron chi connectivity index (χ3n) is 2.86. The van der Waals surface area contributed by atoms with Crippen LogP contribution in [0.25, 0.3) is 11.3 Å². The van der Waals surface area contributed by atoms with Gasteiger partial charge in [0.05, 0.1) is 12.0 Å². The predicted octanol–water partition coefficient (Wildman–Crippen LogP) is 2.97. The minimum absolute atomic E-state index is 0.137. The van der Waals surface area contributed by atoms with Crippen molar-refractivity contribution in [3.05, 3.63) is 41.9 Å². The summed E-state index contributed by atoms with van der Waals surface area (Å²) in [7, 11) is 0. The van der Waals surface area contributed by atoms with Gasteiger partial charge < -0.3 is 9.73 Å². The summed E-state index contributed by atoms with van der Waals surface area (Å²) >= 11 is 0. The lowest BCUT2D eigenvalue weighted by atomic mass is 9.99. The smallest absolute Gasteiger partial charge is 0.224 e. The van der Waals surface area contributed by atoms with Gasteiger partial charge in [0.25, 0.3) is 0 Å². The van der Waals surface area contributed by atoms with Crippen LogP contribution < -0.4 is 5.32 Å². The van der Waals surface area contributed by atoms with Crippen molar-refractivity contribution in [2.75, 3.05) is 5.32 Å². The van der Waals surface area contributed by atoms with Gasteiger partial charge in [-0.25, -0.2) is 4.39 Å². The minimum Gasteiger partial charge on any atom is -0.464 e. The Morgan fingerprint density at radius 2 is 2.18 bits per heavy atom. The predicted molar refractivity (Wildman–Crippen MR) is 61.1 cm³/mol. The van der Waals surface area contributed by atoms with E-state index in [2.05, 4.69) is 5.32 Å². The quantitative estimate of drug-likeness (QED) is 0.819. The standard InChI is InChI=1S/C13H10FNO2/c14-10-7-9(11-2-1-5-17-11)6-8-3-4-12(16)15-13(8)10/h1-2,5-7H,3-4H2,(H,15,16). The first kappa shape index (κ1) is 10.1. The molecule has 2 heterocycles. The van der Waals surface area contributed by atoms with Crippen LogP contribution in [0.1, 0.15) is 12.0 Å². The van der Waals surface area contributed by atoms with E-state index in [0.717, 1.165) is 5.56 Å². The van der Waals surface area contributed by atoms with Crippen LogP contribution in [0.4, 0.5) is 10.1 Å². The maximum Gasteiger partial charge on any atom is 0.224 e. The molecule has 2 aromatic rings. The topological polar surface area (TPSA) is 42.2 Å². The number of hydrogen-bond acceptors (Lipinski definition) is 2. The van der Waals surface area contributed by atoms with E-state index in [-0.39, 0.29) is 5.91 Å². The van der Waals surface area contributed by atoms with Crippen molar-refractivity contribution >= 4 is 11.6 Å². The molecule has 86 valence electrons. The number of hydrogen-bond donors (Lipinski definition) is 1. The van der Waals surface area contributed by atoms with Crippen LogP contribution >= 0.6 is 0 Å². The molecule has 1 N–H and O–H groups in total. The fourth-order valence-electron chi connectivity index (χ4n) is 2.04.